The predicted molar refractivity (Wildman–Crippen MR) is 353 cm³/mol. The van der Waals surface area contributed by atoms with Crippen LogP contribution in [-0.4, -0.2) is 37.2 Å². The number of hydrogen-bond donors (Lipinski definition) is 0. The van der Waals surface area contributed by atoms with Gasteiger partial charge >= 0.3 is 17.9 Å². The normalized spacial score (nSPS) is 12.6. The van der Waals surface area contributed by atoms with Crippen LogP contribution in [0.4, 0.5) is 0 Å². The third kappa shape index (κ3) is 67.3. The molecule has 0 aliphatic carbocycles. The molecule has 1 unspecified atom stereocenters. The zero-order chi connectivity index (χ0) is 58.5. The number of esters is 3. The fourth-order valence-corrected chi connectivity index (χ4v) is 10.2. The lowest BCUT2D eigenvalue weighted by molar-refractivity contribution is -0.166. The van der Waals surface area contributed by atoms with Gasteiger partial charge in [-0.2, -0.15) is 0 Å². The minimum Gasteiger partial charge on any atom is -0.462 e. The van der Waals surface area contributed by atoms with E-state index in [0.29, 0.717) is 19.3 Å². The molecule has 0 N–H and O–H groups in total. The van der Waals surface area contributed by atoms with E-state index >= 15 is 0 Å². The highest BCUT2D eigenvalue weighted by molar-refractivity contribution is 5.71. The Morgan fingerprint density at radius 3 is 0.802 bits per heavy atom. The average Bonchev–Trinajstić information content (AvgIpc) is 3.47. The van der Waals surface area contributed by atoms with Crippen molar-refractivity contribution in [2.75, 3.05) is 13.2 Å². The molecule has 0 aliphatic rings. The van der Waals surface area contributed by atoms with Gasteiger partial charge in [-0.3, -0.25) is 14.4 Å². The Bertz CT molecular complexity index is 1530. The van der Waals surface area contributed by atoms with Crippen LogP contribution in [0.5, 0.6) is 0 Å². The SMILES string of the molecule is CC/C=C\C/C=C\C/C=C\C/C=C\C/C=C\C/C=C\CCC(=O)OC(COC(=O)CCCCCCCCCCCCCCC/C=C\CCCCCCCCCC)COC(=O)CCCCCCCCCCCCCCCCCCCCC. The molecule has 0 aliphatic heterocycles. The Hall–Kier alpha value is -3.41. The maximum absolute atomic E-state index is 12.9. The van der Waals surface area contributed by atoms with Crippen molar-refractivity contribution in [1.82, 2.24) is 0 Å². The summed E-state index contributed by atoms with van der Waals surface area (Å²) in [5.74, 6) is -0.968. The Kier molecular flexibility index (Phi) is 66.2. The van der Waals surface area contributed by atoms with E-state index < -0.39 is 6.10 Å². The van der Waals surface area contributed by atoms with Gasteiger partial charge in [0.05, 0.1) is 0 Å². The second-order valence-electron chi connectivity index (χ2n) is 23.4. The van der Waals surface area contributed by atoms with Crippen LogP contribution >= 0.6 is 0 Å². The number of hydrogen-bond acceptors (Lipinski definition) is 6. The minimum absolute atomic E-state index is 0.103. The first-order chi connectivity index (χ1) is 40.0. The molecule has 468 valence electrons. The van der Waals surface area contributed by atoms with Crippen LogP contribution in [0.15, 0.2) is 85.1 Å². The molecular formula is C75H132O6. The number of unbranched alkanes of at least 4 members (excludes halogenated alkanes) is 39. The van der Waals surface area contributed by atoms with E-state index in [1.54, 1.807) is 0 Å². The third-order valence-electron chi connectivity index (χ3n) is 15.4. The Labute approximate surface area is 503 Å². The fourth-order valence-electron chi connectivity index (χ4n) is 10.2. The Morgan fingerprint density at radius 1 is 0.259 bits per heavy atom. The van der Waals surface area contributed by atoms with Crippen LogP contribution in [-0.2, 0) is 28.6 Å². The molecule has 0 amide bonds. The zero-order valence-corrected chi connectivity index (χ0v) is 53.8. The van der Waals surface area contributed by atoms with E-state index in [4.69, 9.17) is 14.2 Å². The molecule has 0 radical (unpaired) electrons. The minimum atomic E-state index is -0.817. The van der Waals surface area contributed by atoms with Gasteiger partial charge in [-0.15, -0.1) is 0 Å². The van der Waals surface area contributed by atoms with Crippen molar-refractivity contribution in [2.24, 2.45) is 0 Å². The van der Waals surface area contributed by atoms with Crippen molar-refractivity contribution in [3.8, 4) is 0 Å². The van der Waals surface area contributed by atoms with Crippen molar-refractivity contribution in [2.45, 2.75) is 361 Å². The molecule has 0 aromatic rings. The number of carbonyl (C=O) groups excluding carboxylic acids is 3. The number of allylic oxidation sites excluding steroid dienone is 14. The van der Waals surface area contributed by atoms with Gasteiger partial charge in [0.25, 0.3) is 0 Å². The van der Waals surface area contributed by atoms with Crippen LogP contribution < -0.4 is 0 Å². The monoisotopic (exact) mass is 1130 g/mol. The van der Waals surface area contributed by atoms with Crippen molar-refractivity contribution < 1.29 is 28.6 Å². The first-order valence-electron chi connectivity index (χ1n) is 35.1. The summed E-state index contributed by atoms with van der Waals surface area (Å²) >= 11 is 0. The lowest BCUT2D eigenvalue weighted by Gasteiger charge is -2.18. The van der Waals surface area contributed by atoms with Crippen LogP contribution in [0.2, 0.25) is 0 Å². The predicted octanol–water partition coefficient (Wildman–Crippen LogP) is 24.2. The maximum atomic E-state index is 12.9. The van der Waals surface area contributed by atoms with Gasteiger partial charge in [-0.05, 0) is 83.5 Å². The van der Waals surface area contributed by atoms with E-state index in [2.05, 4.69) is 99.8 Å². The van der Waals surface area contributed by atoms with Gasteiger partial charge in [0, 0.05) is 19.3 Å². The summed E-state index contributed by atoms with van der Waals surface area (Å²) in [5, 5.41) is 0. The van der Waals surface area contributed by atoms with Crippen molar-refractivity contribution in [3.05, 3.63) is 85.1 Å². The average molecular weight is 1130 g/mol. The first kappa shape index (κ1) is 77.6. The summed E-state index contributed by atoms with van der Waals surface area (Å²) in [7, 11) is 0. The van der Waals surface area contributed by atoms with E-state index in [1.165, 1.54) is 231 Å². The third-order valence-corrected chi connectivity index (χ3v) is 15.4. The molecule has 0 saturated heterocycles. The van der Waals surface area contributed by atoms with Gasteiger partial charge in [0.1, 0.15) is 13.2 Å². The van der Waals surface area contributed by atoms with Crippen LogP contribution in [0.1, 0.15) is 355 Å². The summed E-state index contributed by atoms with van der Waals surface area (Å²) in [6.07, 6.45) is 91.9. The van der Waals surface area contributed by atoms with Crippen molar-refractivity contribution >= 4 is 17.9 Å². The number of ether oxygens (including phenoxy) is 3. The Balaban J connectivity index is 4.39. The standard InChI is InChI=1S/C75H132O6/c1-4-7-10-13-16-19-22-25-28-31-34-35-36-37-38-39-42-44-47-50-53-56-59-62-65-68-74(77)80-71-72(81-75(78)69-66-63-60-57-54-51-48-45-41-33-30-27-24-21-18-15-12-9-6-3)70-79-73(76)67-64-61-58-55-52-49-46-43-40-32-29-26-23-20-17-14-11-8-5-2/h9,12,18,21,27,30-31,34,41,45,51,54,60,63,72H,4-8,10-11,13-17,19-20,22-26,28-29,32-33,35-40,42-44,46-50,52-53,55-59,61-62,64-71H2,1-3H3/b12-9-,21-18-,30-27-,34-31-,45-41-,54-51-,63-60-. The van der Waals surface area contributed by atoms with Gasteiger partial charge < -0.3 is 14.2 Å². The second kappa shape index (κ2) is 69.1. The van der Waals surface area contributed by atoms with Crippen LogP contribution in [0.25, 0.3) is 0 Å². The zero-order valence-electron chi connectivity index (χ0n) is 53.8. The number of rotatable bonds is 64. The molecule has 0 aromatic heterocycles. The molecule has 81 heavy (non-hydrogen) atoms. The lowest BCUT2D eigenvalue weighted by atomic mass is 10.0. The summed E-state index contributed by atoms with van der Waals surface area (Å²) in [6, 6.07) is 0. The number of carbonyl (C=O) groups is 3. The fraction of sp³-hybridized carbons (Fsp3) is 0.773. The van der Waals surface area contributed by atoms with Gasteiger partial charge in [-0.1, -0.05) is 337 Å². The molecule has 0 bridgehead atoms. The van der Waals surface area contributed by atoms with E-state index in [0.717, 1.165) is 77.0 Å². The topological polar surface area (TPSA) is 78.9 Å². The van der Waals surface area contributed by atoms with Gasteiger partial charge in [0.15, 0.2) is 6.10 Å². The quantitative estimate of drug-likeness (QED) is 0.0261. The largest absolute Gasteiger partial charge is 0.462 e. The van der Waals surface area contributed by atoms with E-state index in [9.17, 15) is 14.4 Å². The van der Waals surface area contributed by atoms with Crippen molar-refractivity contribution in [3.63, 3.8) is 0 Å². The molecule has 0 fully saturated rings. The second-order valence-corrected chi connectivity index (χ2v) is 23.4. The Morgan fingerprint density at radius 2 is 0.506 bits per heavy atom. The molecule has 0 saturated carbocycles. The molecule has 6 heteroatoms. The summed E-state index contributed by atoms with van der Waals surface area (Å²) in [5.41, 5.74) is 0. The summed E-state index contributed by atoms with van der Waals surface area (Å²) in [6.45, 7) is 6.52. The molecule has 1 atom stereocenters. The van der Waals surface area contributed by atoms with E-state index in [1.807, 2.05) is 6.08 Å². The summed E-state index contributed by atoms with van der Waals surface area (Å²) < 4.78 is 16.9. The smallest absolute Gasteiger partial charge is 0.306 e. The lowest BCUT2D eigenvalue weighted by Crippen LogP contribution is -2.30. The maximum Gasteiger partial charge on any atom is 0.306 e. The van der Waals surface area contributed by atoms with E-state index in [-0.39, 0.29) is 37.5 Å². The van der Waals surface area contributed by atoms with Crippen molar-refractivity contribution in [1.29, 1.82) is 0 Å². The molecular weight excluding hydrogens is 997 g/mol. The highest BCUT2D eigenvalue weighted by Crippen LogP contribution is 2.18. The molecule has 0 spiro atoms. The van der Waals surface area contributed by atoms with Gasteiger partial charge in [-0.25, -0.2) is 0 Å². The van der Waals surface area contributed by atoms with Gasteiger partial charge in [0.2, 0.25) is 0 Å². The molecule has 0 heterocycles. The first-order valence-corrected chi connectivity index (χ1v) is 35.1. The van der Waals surface area contributed by atoms with Crippen LogP contribution in [0.3, 0.4) is 0 Å². The molecule has 0 aromatic carbocycles. The molecule has 6 nitrogen and oxygen atoms in total. The molecule has 0 rings (SSSR count). The van der Waals surface area contributed by atoms with Crippen LogP contribution in [0, 0.1) is 0 Å². The highest BCUT2D eigenvalue weighted by Gasteiger charge is 2.19. The highest BCUT2D eigenvalue weighted by atomic mass is 16.6. The summed E-state index contributed by atoms with van der Waals surface area (Å²) in [4.78, 5) is 38.4.